The van der Waals surface area contributed by atoms with E-state index in [1.165, 1.54) is 0 Å². The molecular formula is C11H15BrN4O2. The number of methoxy groups -OCH3 is 2. The van der Waals surface area contributed by atoms with E-state index in [0.717, 1.165) is 15.6 Å². The maximum absolute atomic E-state index is 5.90. The Morgan fingerprint density at radius 3 is 2.94 bits per heavy atom. The van der Waals surface area contributed by atoms with E-state index in [1.54, 1.807) is 20.4 Å². The van der Waals surface area contributed by atoms with Gasteiger partial charge >= 0.3 is 0 Å². The van der Waals surface area contributed by atoms with Gasteiger partial charge in [-0.2, -0.15) is 0 Å². The van der Waals surface area contributed by atoms with Crippen LogP contribution in [0.4, 0.5) is 5.95 Å². The van der Waals surface area contributed by atoms with Crippen LogP contribution in [-0.2, 0) is 16.0 Å². The van der Waals surface area contributed by atoms with Crippen LogP contribution in [0.1, 0.15) is 0 Å². The van der Waals surface area contributed by atoms with Gasteiger partial charge in [0.25, 0.3) is 0 Å². The summed E-state index contributed by atoms with van der Waals surface area (Å²) in [5.41, 5.74) is 7.41. The highest BCUT2D eigenvalue weighted by molar-refractivity contribution is 9.10. The molecule has 0 amide bonds. The lowest BCUT2D eigenvalue weighted by molar-refractivity contribution is 0.0192. The predicted octanol–water partition coefficient (Wildman–Crippen LogP) is 1.44. The Labute approximate surface area is 113 Å². The summed E-state index contributed by atoms with van der Waals surface area (Å²) < 4.78 is 13.1. The standard InChI is InChI=1S/C11H15BrN4O2/c1-17-6-8(18-2)5-16-10-9(15-11(16)13)3-7(12)4-14-10/h3-4,8H,5-6H2,1-2H3,(H2,13,15). The number of pyridine rings is 1. The molecule has 0 bridgehead atoms. The fraction of sp³-hybridized carbons (Fsp3) is 0.455. The summed E-state index contributed by atoms with van der Waals surface area (Å²) in [7, 11) is 3.28. The summed E-state index contributed by atoms with van der Waals surface area (Å²) >= 11 is 3.36. The van der Waals surface area contributed by atoms with Crippen molar-refractivity contribution in [2.24, 2.45) is 0 Å². The SMILES string of the molecule is COCC(Cn1c(N)nc2cc(Br)cnc21)OC. The molecule has 1 unspecified atom stereocenters. The Kier molecular flexibility index (Phi) is 4.15. The monoisotopic (exact) mass is 314 g/mol. The van der Waals surface area contributed by atoms with Gasteiger partial charge in [-0.05, 0) is 22.0 Å². The average Bonchev–Trinajstić information content (AvgIpc) is 2.64. The lowest BCUT2D eigenvalue weighted by Crippen LogP contribution is -2.24. The van der Waals surface area contributed by atoms with Crippen LogP contribution in [0.2, 0.25) is 0 Å². The van der Waals surface area contributed by atoms with Gasteiger partial charge in [-0.1, -0.05) is 0 Å². The summed E-state index contributed by atoms with van der Waals surface area (Å²) in [6, 6.07) is 1.88. The second-order valence-electron chi connectivity index (χ2n) is 3.89. The number of hydrogen-bond donors (Lipinski definition) is 1. The Morgan fingerprint density at radius 1 is 1.50 bits per heavy atom. The third-order valence-electron chi connectivity index (χ3n) is 2.65. The minimum absolute atomic E-state index is 0.0832. The maximum atomic E-state index is 5.90. The Bertz CT molecular complexity index is 543. The van der Waals surface area contributed by atoms with Gasteiger partial charge in [0, 0.05) is 24.9 Å². The van der Waals surface area contributed by atoms with Crippen molar-refractivity contribution in [3.05, 3.63) is 16.7 Å². The van der Waals surface area contributed by atoms with E-state index in [-0.39, 0.29) is 6.10 Å². The molecule has 0 fully saturated rings. The average molecular weight is 315 g/mol. The summed E-state index contributed by atoms with van der Waals surface area (Å²) in [4.78, 5) is 8.60. The smallest absolute Gasteiger partial charge is 0.202 e. The molecule has 2 heterocycles. The highest BCUT2D eigenvalue weighted by Crippen LogP contribution is 2.20. The van der Waals surface area contributed by atoms with Crippen molar-refractivity contribution >= 4 is 33.0 Å². The number of rotatable bonds is 5. The number of anilines is 1. The van der Waals surface area contributed by atoms with E-state index in [9.17, 15) is 0 Å². The molecule has 0 aromatic carbocycles. The Morgan fingerprint density at radius 2 is 2.28 bits per heavy atom. The molecule has 0 saturated carbocycles. The van der Waals surface area contributed by atoms with E-state index in [2.05, 4.69) is 25.9 Å². The van der Waals surface area contributed by atoms with E-state index >= 15 is 0 Å². The normalized spacial score (nSPS) is 13.1. The van der Waals surface area contributed by atoms with Gasteiger partial charge in [0.15, 0.2) is 5.65 Å². The van der Waals surface area contributed by atoms with Crippen molar-refractivity contribution in [1.29, 1.82) is 0 Å². The molecule has 0 spiro atoms. The molecule has 98 valence electrons. The van der Waals surface area contributed by atoms with Crippen molar-refractivity contribution in [3.8, 4) is 0 Å². The highest BCUT2D eigenvalue weighted by atomic mass is 79.9. The summed E-state index contributed by atoms with van der Waals surface area (Å²) in [5, 5.41) is 0. The van der Waals surface area contributed by atoms with Gasteiger partial charge in [-0.15, -0.1) is 0 Å². The van der Waals surface area contributed by atoms with Crippen LogP contribution >= 0.6 is 15.9 Å². The van der Waals surface area contributed by atoms with Gasteiger partial charge in [0.1, 0.15) is 5.52 Å². The molecule has 2 N–H and O–H groups in total. The molecule has 2 rings (SSSR count). The van der Waals surface area contributed by atoms with E-state index in [4.69, 9.17) is 15.2 Å². The van der Waals surface area contributed by atoms with Gasteiger partial charge in [-0.25, -0.2) is 9.97 Å². The first-order valence-corrected chi connectivity index (χ1v) is 6.24. The number of halogens is 1. The van der Waals surface area contributed by atoms with Crippen molar-refractivity contribution < 1.29 is 9.47 Å². The lowest BCUT2D eigenvalue weighted by atomic mass is 10.3. The fourth-order valence-electron chi connectivity index (χ4n) is 1.77. The van der Waals surface area contributed by atoms with Crippen molar-refractivity contribution in [2.75, 3.05) is 26.6 Å². The molecule has 6 nitrogen and oxygen atoms in total. The maximum Gasteiger partial charge on any atom is 0.202 e. The van der Waals surface area contributed by atoms with Crippen LogP contribution < -0.4 is 5.73 Å². The highest BCUT2D eigenvalue weighted by Gasteiger charge is 2.15. The topological polar surface area (TPSA) is 75.2 Å². The zero-order valence-electron chi connectivity index (χ0n) is 10.3. The minimum Gasteiger partial charge on any atom is -0.382 e. The van der Waals surface area contributed by atoms with Crippen LogP contribution in [0.25, 0.3) is 11.2 Å². The van der Waals surface area contributed by atoms with E-state index < -0.39 is 0 Å². The van der Waals surface area contributed by atoms with Crippen LogP contribution in [0.15, 0.2) is 16.7 Å². The first-order chi connectivity index (χ1) is 8.65. The fourth-order valence-corrected chi connectivity index (χ4v) is 2.09. The minimum atomic E-state index is -0.0832. The zero-order valence-corrected chi connectivity index (χ0v) is 11.8. The largest absolute Gasteiger partial charge is 0.382 e. The molecule has 7 heteroatoms. The van der Waals surface area contributed by atoms with Crippen molar-refractivity contribution in [2.45, 2.75) is 12.6 Å². The quantitative estimate of drug-likeness (QED) is 0.903. The number of nitrogens with zero attached hydrogens (tertiary/aromatic N) is 3. The molecular weight excluding hydrogens is 300 g/mol. The van der Waals surface area contributed by atoms with Crippen molar-refractivity contribution in [3.63, 3.8) is 0 Å². The Hall–Kier alpha value is -1.18. The summed E-state index contributed by atoms with van der Waals surface area (Å²) in [6.45, 7) is 1.05. The number of fused-ring (bicyclic) bond motifs is 1. The van der Waals surface area contributed by atoms with Gasteiger partial charge < -0.3 is 15.2 Å². The second-order valence-corrected chi connectivity index (χ2v) is 4.81. The molecule has 0 saturated heterocycles. The van der Waals surface area contributed by atoms with Crippen LogP contribution in [0, 0.1) is 0 Å². The zero-order chi connectivity index (χ0) is 13.1. The van der Waals surface area contributed by atoms with E-state index in [1.807, 2.05) is 10.6 Å². The first kappa shape index (κ1) is 13.3. The number of nitrogen functional groups attached to an aromatic ring is 1. The molecule has 18 heavy (non-hydrogen) atoms. The number of imidazole rings is 1. The van der Waals surface area contributed by atoms with Crippen LogP contribution in [-0.4, -0.2) is 41.5 Å². The lowest BCUT2D eigenvalue weighted by Gasteiger charge is -2.15. The number of nitrogens with two attached hydrogens (primary N) is 1. The third kappa shape index (κ3) is 2.63. The molecule has 0 aliphatic rings. The van der Waals surface area contributed by atoms with E-state index in [0.29, 0.717) is 19.1 Å². The van der Waals surface area contributed by atoms with Gasteiger partial charge in [-0.3, -0.25) is 4.57 Å². The summed E-state index contributed by atoms with van der Waals surface area (Å²) in [6.07, 6.45) is 1.64. The number of ether oxygens (including phenoxy) is 2. The second kappa shape index (κ2) is 5.64. The number of aromatic nitrogens is 3. The van der Waals surface area contributed by atoms with Crippen molar-refractivity contribution in [1.82, 2.24) is 14.5 Å². The molecule has 0 radical (unpaired) electrons. The Balaban J connectivity index is 2.34. The first-order valence-electron chi connectivity index (χ1n) is 5.44. The molecule has 1 atom stereocenters. The van der Waals surface area contributed by atoms with Crippen LogP contribution in [0.5, 0.6) is 0 Å². The molecule has 2 aromatic heterocycles. The summed E-state index contributed by atoms with van der Waals surface area (Å²) in [5.74, 6) is 0.425. The molecule has 0 aliphatic carbocycles. The van der Waals surface area contributed by atoms with Crippen LogP contribution in [0.3, 0.4) is 0 Å². The number of hydrogen-bond acceptors (Lipinski definition) is 5. The van der Waals surface area contributed by atoms with Gasteiger partial charge in [0.2, 0.25) is 5.95 Å². The van der Waals surface area contributed by atoms with Gasteiger partial charge in [0.05, 0.1) is 19.3 Å². The molecule has 2 aromatic rings. The predicted molar refractivity (Wildman–Crippen MR) is 72.3 cm³/mol. The third-order valence-corrected chi connectivity index (χ3v) is 3.09. The molecule has 0 aliphatic heterocycles.